The van der Waals surface area contributed by atoms with Gasteiger partial charge in [0.1, 0.15) is 12.4 Å². The van der Waals surface area contributed by atoms with Crippen molar-refractivity contribution in [2.45, 2.75) is 38.4 Å². The van der Waals surface area contributed by atoms with Crippen molar-refractivity contribution in [3.63, 3.8) is 0 Å². The van der Waals surface area contributed by atoms with Gasteiger partial charge in [-0.2, -0.15) is 0 Å². The van der Waals surface area contributed by atoms with Crippen LogP contribution in [0.5, 0.6) is 0 Å². The topological polar surface area (TPSA) is 104 Å². The number of likely N-dealkylation sites (tertiary alicyclic amines) is 1. The molecule has 0 spiro atoms. The molecule has 3 heterocycles. The third kappa shape index (κ3) is 6.25. The molecule has 2 aliphatic heterocycles. The fraction of sp³-hybridized carbons (Fsp3) is 0.357. The first-order valence-electron chi connectivity index (χ1n) is 12.8. The van der Waals surface area contributed by atoms with Crippen LogP contribution in [0, 0.1) is 6.92 Å². The molecule has 1 amide bonds. The molecule has 0 saturated carbocycles. The molecule has 0 radical (unpaired) electrons. The number of nitrogens with one attached hydrogen (secondary N) is 2. The first-order chi connectivity index (χ1) is 18.2. The number of anilines is 3. The number of hydrogen-bond acceptors (Lipinski definition) is 7. The van der Waals surface area contributed by atoms with E-state index >= 15 is 0 Å². The van der Waals surface area contributed by atoms with Gasteiger partial charge in [0.05, 0.1) is 12.3 Å². The van der Waals surface area contributed by atoms with Crippen molar-refractivity contribution in [3.8, 4) is 0 Å². The van der Waals surface area contributed by atoms with Crippen molar-refractivity contribution < 1.29 is 17.9 Å². The van der Waals surface area contributed by atoms with Gasteiger partial charge in [-0.25, -0.2) is 18.2 Å². The molecular formula is C28H33N5O4S. The summed E-state index contributed by atoms with van der Waals surface area (Å²) in [6.07, 6.45) is 2.74. The van der Waals surface area contributed by atoms with E-state index in [-0.39, 0.29) is 18.2 Å². The van der Waals surface area contributed by atoms with Crippen LogP contribution in [0.1, 0.15) is 35.7 Å². The van der Waals surface area contributed by atoms with Gasteiger partial charge in [0.2, 0.25) is 10.0 Å². The van der Waals surface area contributed by atoms with E-state index in [0.29, 0.717) is 12.3 Å². The number of aryl methyl sites for hydroxylation is 1. The lowest BCUT2D eigenvalue weighted by Gasteiger charge is -2.38. The Morgan fingerprint density at radius 3 is 2.32 bits per heavy atom. The Labute approximate surface area is 223 Å². The zero-order chi connectivity index (χ0) is 26.7. The van der Waals surface area contributed by atoms with E-state index in [9.17, 15) is 13.2 Å². The first-order valence-corrected chi connectivity index (χ1v) is 14.7. The van der Waals surface area contributed by atoms with Gasteiger partial charge in [-0.3, -0.25) is 14.5 Å². The molecular weight excluding hydrogens is 502 g/mol. The SMILES string of the molecule is Cc1nc(Nc2ccc(NS(C)(=O)=O)cc2)ccc1CN1CCC(N2C(=O)OCC2c2ccccc2)CC1. The average Bonchev–Trinajstić information content (AvgIpc) is 3.28. The Morgan fingerprint density at radius 1 is 0.974 bits per heavy atom. The third-order valence-corrected chi connectivity index (χ3v) is 7.70. The molecule has 200 valence electrons. The van der Waals surface area contributed by atoms with Crippen molar-refractivity contribution in [2.75, 3.05) is 36.0 Å². The number of benzene rings is 2. The van der Waals surface area contributed by atoms with Crippen molar-refractivity contribution in [3.05, 3.63) is 83.6 Å². The zero-order valence-electron chi connectivity index (χ0n) is 21.6. The van der Waals surface area contributed by atoms with Gasteiger partial charge in [0.15, 0.2) is 0 Å². The van der Waals surface area contributed by atoms with Crippen molar-refractivity contribution in [2.24, 2.45) is 0 Å². The van der Waals surface area contributed by atoms with Gasteiger partial charge in [0, 0.05) is 42.7 Å². The molecule has 38 heavy (non-hydrogen) atoms. The van der Waals surface area contributed by atoms with Crippen LogP contribution in [0.25, 0.3) is 0 Å². The number of ether oxygens (including phenoxy) is 1. The summed E-state index contributed by atoms with van der Waals surface area (Å²) < 4.78 is 30.7. The van der Waals surface area contributed by atoms with Gasteiger partial charge in [-0.15, -0.1) is 0 Å². The van der Waals surface area contributed by atoms with Crippen LogP contribution in [0.4, 0.5) is 22.0 Å². The summed E-state index contributed by atoms with van der Waals surface area (Å²) in [5, 5.41) is 3.27. The number of amides is 1. The zero-order valence-corrected chi connectivity index (χ0v) is 22.4. The van der Waals surface area contributed by atoms with Gasteiger partial charge >= 0.3 is 6.09 Å². The Kier molecular flexibility index (Phi) is 7.53. The van der Waals surface area contributed by atoms with Crippen LogP contribution in [-0.2, 0) is 21.3 Å². The lowest BCUT2D eigenvalue weighted by molar-refractivity contribution is 0.104. The molecule has 0 bridgehead atoms. The van der Waals surface area contributed by atoms with Crippen molar-refractivity contribution in [1.29, 1.82) is 0 Å². The molecule has 2 fully saturated rings. The van der Waals surface area contributed by atoms with E-state index in [1.54, 1.807) is 24.3 Å². The normalized spacial score (nSPS) is 18.8. The second-order valence-corrected chi connectivity index (χ2v) is 11.7. The number of nitrogens with zero attached hydrogens (tertiary/aromatic N) is 3. The minimum absolute atomic E-state index is 0.0149. The highest BCUT2D eigenvalue weighted by molar-refractivity contribution is 7.92. The van der Waals surface area contributed by atoms with Crippen LogP contribution in [-0.4, -0.2) is 61.3 Å². The van der Waals surface area contributed by atoms with Crippen LogP contribution in [0.2, 0.25) is 0 Å². The number of carbonyl (C=O) groups excluding carboxylic acids is 1. The highest BCUT2D eigenvalue weighted by atomic mass is 32.2. The van der Waals surface area contributed by atoms with E-state index in [1.165, 1.54) is 5.56 Å². The summed E-state index contributed by atoms with van der Waals surface area (Å²) >= 11 is 0. The average molecular weight is 536 g/mol. The quantitative estimate of drug-likeness (QED) is 0.432. The number of sulfonamides is 1. The number of aromatic nitrogens is 1. The molecule has 2 aromatic carbocycles. The predicted octanol–water partition coefficient (Wildman–Crippen LogP) is 4.66. The van der Waals surface area contributed by atoms with Gasteiger partial charge in [-0.05, 0) is 61.2 Å². The van der Waals surface area contributed by atoms with Crippen molar-refractivity contribution >= 4 is 33.3 Å². The third-order valence-electron chi connectivity index (χ3n) is 7.10. The summed E-state index contributed by atoms with van der Waals surface area (Å²) in [4.78, 5) is 21.7. The van der Waals surface area contributed by atoms with Crippen LogP contribution >= 0.6 is 0 Å². The second kappa shape index (κ2) is 11.0. The maximum atomic E-state index is 12.6. The number of rotatable bonds is 8. The van der Waals surface area contributed by atoms with Crippen molar-refractivity contribution in [1.82, 2.24) is 14.8 Å². The minimum atomic E-state index is -3.31. The Morgan fingerprint density at radius 2 is 1.66 bits per heavy atom. The molecule has 2 saturated heterocycles. The maximum Gasteiger partial charge on any atom is 0.410 e. The molecule has 2 N–H and O–H groups in total. The highest BCUT2D eigenvalue weighted by Crippen LogP contribution is 2.33. The molecule has 1 atom stereocenters. The van der Waals surface area contributed by atoms with E-state index in [2.05, 4.69) is 33.1 Å². The Balaban J connectivity index is 1.16. The first kappa shape index (κ1) is 26.0. The standard InChI is InChI=1S/C28H33N5O4S/c1-20-22(8-13-27(29-20)30-23-9-11-24(12-10-23)31-38(2,35)36)18-32-16-14-25(15-17-32)33-26(19-37-28(33)34)21-6-4-3-5-7-21/h3-13,25-26,31H,14-19H2,1-2H3,(H,29,30). The predicted molar refractivity (Wildman–Crippen MR) is 148 cm³/mol. The largest absolute Gasteiger partial charge is 0.447 e. The number of pyridine rings is 1. The van der Waals surface area contributed by atoms with Crippen LogP contribution in [0.15, 0.2) is 66.7 Å². The summed E-state index contributed by atoms with van der Waals surface area (Å²) in [6, 6.07) is 21.4. The van der Waals surface area contributed by atoms with Gasteiger partial charge in [-0.1, -0.05) is 36.4 Å². The molecule has 10 heteroatoms. The van der Waals surface area contributed by atoms with Crippen LogP contribution in [0.3, 0.4) is 0 Å². The number of hydrogen-bond donors (Lipinski definition) is 2. The van der Waals surface area contributed by atoms with Crippen LogP contribution < -0.4 is 10.0 Å². The number of carbonyl (C=O) groups is 1. The van der Waals surface area contributed by atoms with E-state index < -0.39 is 10.0 Å². The summed E-state index contributed by atoms with van der Waals surface area (Å²) in [5.74, 6) is 0.730. The molecule has 3 aromatic rings. The molecule has 9 nitrogen and oxygen atoms in total. The summed E-state index contributed by atoms with van der Waals surface area (Å²) in [5.41, 5.74) is 4.58. The Hall–Kier alpha value is -3.63. The fourth-order valence-electron chi connectivity index (χ4n) is 5.17. The molecule has 0 aliphatic carbocycles. The monoisotopic (exact) mass is 535 g/mol. The number of cyclic esters (lactones) is 1. The number of piperidine rings is 1. The molecule has 2 aliphatic rings. The molecule has 1 aromatic heterocycles. The summed E-state index contributed by atoms with van der Waals surface area (Å²) in [6.45, 7) is 5.05. The minimum Gasteiger partial charge on any atom is -0.447 e. The fourth-order valence-corrected chi connectivity index (χ4v) is 5.74. The lowest BCUT2D eigenvalue weighted by Crippen LogP contribution is -2.46. The summed E-state index contributed by atoms with van der Waals surface area (Å²) in [7, 11) is -3.31. The molecule has 5 rings (SSSR count). The molecule has 1 unspecified atom stereocenters. The maximum absolute atomic E-state index is 12.6. The van der Waals surface area contributed by atoms with Gasteiger partial charge < -0.3 is 10.1 Å². The van der Waals surface area contributed by atoms with E-state index in [1.807, 2.05) is 36.1 Å². The van der Waals surface area contributed by atoms with Gasteiger partial charge in [0.25, 0.3) is 0 Å². The van der Waals surface area contributed by atoms with E-state index in [4.69, 9.17) is 9.72 Å². The smallest absolute Gasteiger partial charge is 0.410 e. The Bertz CT molecular complexity index is 1370. The second-order valence-electron chi connectivity index (χ2n) is 9.94. The highest BCUT2D eigenvalue weighted by Gasteiger charge is 2.40. The van der Waals surface area contributed by atoms with E-state index in [0.717, 1.165) is 61.5 Å². The lowest BCUT2D eigenvalue weighted by atomic mass is 9.98.